The second-order valence-electron chi connectivity index (χ2n) is 5.44. The Bertz CT molecular complexity index is 521. The van der Waals surface area contributed by atoms with Crippen molar-refractivity contribution in [1.29, 1.82) is 0 Å². The van der Waals surface area contributed by atoms with Crippen LogP contribution in [0, 0.1) is 5.82 Å². The summed E-state index contributed by atoms with van der Waals surface area (Å²) in [6, 6.07) is 4.70. The maximum Gasteiger partial charge on any atom is 0.414 e. The van der Waals surface area contributed by atoms with Crippen molar-refractivity contribution in [1.82, 2.24) is 4.90 Å². The lowest BCUT2D eigenvalue weighted by Gasteiger charge is -2.32. The van der Waals surface area contributed by atoms with Crippen LogP contribution in [-0.2, 0) is 11.3 Å². The number of rotatable bonds is 2. The van der Waals surface area contributed by atoms with Gasteiger partial charge in [-0.3, -0.25) is 9.80 Å². The standard InChI is InChI=1S/C15H19FN2O2/c1-2-6-17-7-5-13-10-20-15(19)18(13)14-8-12(16)4-3-11(14)9-17/h3-4,8,13H,2,5-7,9-10H2,1H3/t13-/m0/s1. The molecule has 108 valence electrons. The normalized spacial score (nSPS) is 22.8. The molecule has 0 unspecified atom stereocenters. The monoisotopic (exact) mass is 278 g/mol. The molecule has 0 N–H and O–H groups in total. The van der Waals surface area contributed by atoms with Crippen LogP contribution in [0.4, 0.5) is 14.9 Å². The Labute approximate surface area is 118 Å². The number of cyclic esters (lactones) is 1. The first kappa shape index (κ1) is 13.4. The lowest BCUT2D eigenvalue weighted by Crippen LogP contribution is -2.40. The SMILES string of the molecule is CCCN1CC[C@H]2COC(=O)N2c2cc(F)ccc2C1. The first-order valence-corrected chi connectivity index (χ1v) is 7.16. The summed E-state index contributed by atoms with van der Waals surface area (Å²) < 4.78 is 18.7. The lowest BCUT2D eigenvalue weighted by molar-refractivity contribution is 0.177. The Balaban J connectivity index is 2.00. The van der Waals surface area contributed by atoms with Gasteiger partial charge in [-0.25, -0.2) is 9.18 Å². The van der Waals surface area contributed by atoms with Crippen molar-refractivity contribution in [3.05, 3.63) is 29.6 Å². The van der Waals surface area contributed by atoms with Gasteiger partial charge in [0.15, 0.2) is 0 Å². The van der Waals surface area contributed by atoms with Crippen molar-refractivity contribution in [3.63, 3.8) is 0 Å². The summed E-state index contributed by atoms with van der Waals surface area (Å²) in [5.41, 5.74) is 1.65. The second-order valence-corrected chi connectivity index (χ2v) is 5.44. The number of amides is 1. The number of ether oxygens (including phenoxy) is 1. The topological polar surface area (TPSA) is 32.8 Å². The van der Waals surface area contributed by atoms with Crippen molar-refractivity contribution >= 4 is 11.8 Å². The van der Waals surface area contributed by atoms with Gasteiger partial charge in [0, 0.05) is 13.1 Å². The maximum atomic E-state index is 13.6. The Kier molecular flexibility index (Phi) is 3.61. The van der Waals surface area contributed by atoms with E-state index in [1.54, 1.807) is 11.0 Å². The fourth-order valence-corrected chi connectivity index (χ4v) is 3.02. The van der Waals surface area contributed by atoms with Gasteiger partial charge in [-0.05, 0) is 37.1 Å². The highest BCUT2D eigenvalue weighted by atomic mass is 19.1. The Morgan fingerprint density at radius 1 is 1.45 bits per heavy atom. The first-order chi connectivity index (χ1) is 9.69. The molecule has 20 heavy (non-hydrogen) atoms. The predicted octanol–water partition coefficient (Wildman–Crippen LogP) is 2.77. The molecule has 1 aromatic carbocycles. The van der Waals surface area contributed by atoms with Crippen molar-refractivity contribution < 1.29 is 13.9 Å². The summed E-state index contributed by atoms with van der Waals surface area (Å²) in [5, 5.41) is 0. The van der Waals surface area contributed by atoms with E-state index in [9.17, 15) is 9.18 Å². The van der Waals surface area contributed by atoms with E-state index in [2.05, 4.69) is 11.8 Å². The van der Waals surface area contributed by atoms with E-state index < -0.39 is 0 Å². The number of carbonyl (C=O) groups excluding carboxylic acids is 1. The average Bonchev–Trinajstić information content (AvgIpc) is 2.77. The number of hydrogen-bond donors (Lipinski definition) is 0. The maximum absolute atomic E-state index is 13.6. The van der Waals surface area contributed by atoms with Gasteiger partial charge < -0.3 is 4.74 Å². The van der Waals surface area contributed by atoms with Crippen molar-refractivity contribution in [2.45, 2.75) is 32.4 Å². The minimum atomic E-state index is -0.356. The molecule has 1 amide bonds. The number of hydrogen-bond acceptors (Lipinski definition) is 3. The molecule has 1 fully saturated rings. The molecule has 1 saturated heterocycles. The second kappa shape index (κ2) is 5.40. The van der Waals surface area contributed by atoms with E-state index in [1.807, 2.05) is 0 Å². The Morgan fingerprint density at radius 3 is 3.10 bits per heavy atom. The van der Waals surface area contributed by atoms with Gasteiger partial charge in [0.1, 0.15) is 12.4 Å². The molecule has 2 heterocycles. The van der Waals surface area contributed by atoms with E-state index in [1.165, 1.54) is 12.1 Å². The predicted molar refractivity (Wildman–Crippen MR) is 74.2 cm³/mol. The smallest absolute Gasteiger partial charge is 0.414 e. The summed E-state index contributed by atoms with van der Waals surface area (Å²) in [7, 11) is 0. The highest BCUT2D eigenvalue weighted by Gasteiger charge is 2.37. The Hall–Kier alpha value is -1.62. The van der Waals surface area contributed by atoms with E-state index in [4.69, 9.17) is 4.74 Å². The molecular weight excluding hydrogens is 259 g/mol. The van der Waals surface area contributed by atoms with Crippen molar-refractivity contribution in [2.75, 3.05) is 24.6 Å². The summed E-state index contributed by atoms with van der Waals surface area (Å²) in [4.78, 5) is 15.9. The molecular formula is C15H19FN2O2. The van der Waals surface area contributed by atoms with Gasteiger partial charge in [-0.15, -0.1) is 0 Å². The number of carbonyl (C=O) groups is 1. The summed E-state index contributed by atoms with van der Waals surface area (Å²) in [6.07, 6.45) is 1.59. The largest absolute Gasteiger partial charge is 0.447 e. The summed E-state index contributed by atoms with van der Waals surface area (Å²) in [5.74, 6) is -0.315. The van der Waals surface area contributed by atoms with E-state index in [0.717, 1.165) is 38.0 Å². The highest BCUT2D eigenvalue weighted by Crippen LogP contribution is 2.32. The highest BCUT2D eigenvalue weighted by molar-refractivity contribution is 5.91. The minimum absolute atomic E-state index is 0.0164. The van der Waals surface area contributed by atoms with Gasteiger partial charge in [-0.1, -0.05) is 13.0 Å². The van der Waals surface area contributed by atoms with Crippen LogP contribution in [0.1, 0.15) is 25.3 Å². The zero-order chi connectivity index (χ0) is 14.1. The number of benzene rings is 1. The summed E-state index contributed by atoms with van der Waals surface area (Å²) >= 11 is 0. The van der Waals surface area contributed by atoms with Crippen LogP contribution in [0.5, 0.6) is 0 Å². The molecule has 0 aromatic heterocycles. The lowest BCUT2D eigenvalue weighted by atomic mass is 10.1. The van der Waals surface area contributed by atoms with Crippen molar-refractivity contribution in [3.8, 4) is 0 Å². The van der Waals surface area contributed by atoms with E-state index in [0.29, 0.717) is 12.3 Å². The first-order valence-electron chi connectivity index (χ1n) is 7.16. The van der Waals surface area contributed by atoms with Gasteiger partial charge in [0.2, 0.25) is 0 Å². The van der Waals surface area contributed by atoms with E-state index >= 15 is 0 Å². The van der Waals surface area contributed by atoms with Crippen LogP contribution >= 0.6 is 0 Å². The molecule has 1 aromatic rings. The molecule has 2 aliphatic heterocycles. The molecule has 3 rings (SSSR count). The minimum Gasteiger partial charge on any atom is -0.447 e. The number of halogens is 1. The van der Waals surface area contributed by atoms with Crippen LogP contribution in [-0.4, -0.2) is 36.7 Å². The van der Waals surface area contributed by atoms with Gasteiger partial charge in [-0.2, -0.15) is 0 Å². The van der Waals surface area contributed by atoms with Crippen LogP contribution in [0.25, 0.3) is 0 Å². The molecule has 5 heteroatoms. The van der Waals surface area contributed by atoms with Crippen LogP contribution in [0.15, 0.2) is 18.2 Å². The quantitative estimate of drug-likeness (QED) is 0.834. The molecule has 0 bridgehead atoms. The van der Waals surface area contributed by atoms with Crippen LogP contribution in [0.3, 0.4) is 0 Å². The fraction of sp³-hybridized carbons (Fsp3) is 0.533. The van der Waals surface area contributed by atoms with Crippen molar-refractivity contribution in [2.24, 2.45) is 0 Å². The van der Waals surface area contributed by atoms with Gasteiger partial charge in [0.25, 0.3) is 0 Å². The Morgan fingerprint density at radius 2 is 2.30 bits per heavy atom. The molecule has 0 aliphatic carbocycles. The third kappa shape index (κ3) is 2.38. The molecule has 4 nitrogen and oxygen atoms in total. The zero-order valence-corrected chi connectivity index (χ0v) is 11.6. The number of fused-ring (bicyclic) bond motifs is 3. The molecule has 2 aliphatic rings. The zero-order valence-electron chi connectivity index (χ0n) is 11.6. The third-order valence-corrected chi connectivity index (χ3v) is 3.98. The summed E-state index contributed by atoms with van der Waals surface area (Å²) in [6.45, 7) is 5.24. The van der Waals surface area contributed by atoms with Crippen LogP contribution < -0.4 is 4.90 Å². The fourth-order valence-electron chi connectivity index (χ4n) is 3.02. The van der Waals surface area contributed by atoms with Gasteiger partial charge >= 0.3 is 6.09 Å². The molecule has 1 atom stereocenters. The molecule has 0 spiro atoms. The number of anilines is 1. The third-order valence-electron chi connectivity index (χ3n) is 3.98. The van der Waals surface area contributed by atoms with E-state index in [-0.39, 0.29) is 18.0 Å². The average molecular weight is 278 g/mol. The molecule has 0 radical (unpaired) electrons. The van der Waals surface area contributed by atoms with Gasteiger partial charge in [0.05, 0.1) is 11.7 Å². The number of nitrogens with zero attached hydrogens (tertiary/aromatic N) is 2. The molecule has 0 saturated carbocycles. The van der Waals surface area contributed by atoms with Crippen LogP contribution in [0.2, 0.25) is 0 Å².